The Labute approximate surface area is 163 Å². The molecule has 0 spiro atoms. The van der Waals surface area contributed by atoms with Crippen LogP contribution in [0.4, 0.5) is 0 Å². The number of benzene rings is 2. The fraction of sp³-hybridized carbons (Fsp3) is 0.318. The van der Waals surface area contributed by atoms with E-state index in [1.165, 1.54) is 5.56 Å². The van der Waals surface area contributed by atoms with Gasteiger partial charge in [0.15, 0.2) is 0 Å². The standard InChI is InChI=1S/C22H24N4O2/c27-21(11-10-20-24-19-9-5-4-8-18(19)22(28)25-20)23-17-12-13-26(15-17)14-16-6-2-1-3-7-16/h1-9,17H,10-15H2,(H,23,27)(H,24,25,28)/t17-/m1/s1. The number of fused-ring (bicyclic) bond motifs is 1. The van der Waals surface area contributed by atoms with Crippen LogP contribution >= 0.6 is 0 Å². The molecule has 4 rings (SSSR count). The number of amides is 1. The Morgan fingerprint density at radius 2 is 1.93 bits per heavy atom. The molecule has 28 heavy (non-hydrogen) atoms. The number of aromatic amines is 1. The molecular weight excluding hydrogens is 352 g/mol. The fourth-order valence-electron chi connectivity index (χ4n) is 3.72. The summed E-state index contributed by atoms with van der Waals surface area (Å²) in [6, 6.07) is 17.8. The zero-order chi connectivity index (χ0) is 19.3. The van der Waals surface area contributed by atoms with Crippen molar-refractivity contribution in [1.82, 2.24) is 20.2 Å². The van der Waals surface area contributed by atoms with Crippen molar-refractivity contribution in [2.45, 2.75) is 31.8 Å². The van der Waals surface area contributed by atoms with Crippen LogP contribution in [0.2, 0.25) is 0 Å². The first-order chi connectivity index (χ1) is 13.7. The Morgan fingerprint density at radius 1 is 1.14 bits per heavy atom. The number of carbonyl (C=O) groups excluding carboxylic acids is 1. The van der Waals surface area contributed by atoms with Crippen molar-refractivity contribution >= 4 is 16.8 Å². The minimum absolute atomic E-state index is 0.00219. The van der Waals surface area contributed by atoms with Gasteiger partial charge in [-0.1, -0.05) is 42.5 Å². The zero-order valence-corrected chi connectivity index (χ0v) is 15.7. The maximum absolute atomic E-state index is 12.3. The number of aryl methyl sites for hydroxylation is 1. The Kier molecular flexibility index (Phi) is 5.48. The molecule has 6 heteroatoms. The quantitative estimate of drug-likeness (QED) is 0.692. The van der Waals surface area contributed by atoms with Crippen molar-refractivity contribution in [3.8, 4) is 0 Å². The highest BCUT2D eigenvalue weighted by Crippen LogP contribution is 2.14. The van der Waals surface area contributed by atoms with E-state index in [1.54, 1.807) is 6.07 Å². The topological polar surface area (TPSA) is 78.1 Å². The molecule has 0 unspecified atom stereocenters. The van der Waals surface area contributed by atoms with Gasteiger partial charge in [0, 0.05) is 38.5 Å². The number of rotatable bonds is 6. The van der Waals surface area contributed by atoms with Gasteiger partial charge in [-0.25, -0.2) is 4.98 Å². The molecule has 3 aromatic rings. The van der Waals surface area contributed by atoms with E-state index >= 15 is 0 Å². The number of H-pyrrole nitrogens is 1. The average Bonchev–Trinajstić information content (AvgIpc) is 3.14. The van der Waals surface area contributed by atoms with Crippen LogP contribution in [0, 0.1) is 0 Å². The molecule has 0 bridgehead atoms. The predicted molar refractivity (Wildman–Crippen MR) is 109 cm³/mol. The van der Waals surface area contributed by atoms with Crippen molar-refractivity contribution in [1.29, 1.82) is 0 Å². The minimum Gasteiger partial charge on any atom is -0.352 e. The number of para-hydroxylation sites is 1. The molecule has 0 radical (unpaired) electrons. The van der Waals surface area contributed by atoms with Crippen molar-refractivity contribution < 1.29 is 4.79 Å². The number of hydrogen-bond acceptors (Lipinski definition) is 4. The summed E-state index contributed by atoms with van der Waals surface area (Å²) < 4.78 is 0. The summed E-state index contributed by atoms with van der Waals surface area (Å²) >= 11 is 0. The van der Waals surface area contributed by atoms with Crippen molar-refractivity contribution in [2.75, 3.05) is 13.1 Å². The van der Waals surface area contributed by atoms with Crippen LogP contribution in [0.25, 0.3) is 10.9 Å². The highest BCUT2D eigenvalue weighted by molar-refractivity contribution is 5.78. The molecule has 2 heterocycles. The van der Waals surface area contributed by atoms with Crippen molar-refractivity contribution in [2.24, 2.45) is 0 Å². The van der Waals surface area contributed by atoms with Crippen LogP contribution in [-0.4, -0.2) is 39.9 Å². The van der Waals surface area contributed by atoms with E-state index < -0.39 is 0 Å². The van der Waals surface area contributed by atoms with Gasteiger partial charge < -0.3 is 10.3 Å². The molecule has 0 aliphatic carbocycles. The third kappa shape index (κ3) is 4.46. The molecule has 1 atom stereocenters. The van der Waals surface area contributed by atoms with E-state index in [4.69, 9.17) is 0 Å². The van der Waals surface area contributed by atoms with Crippen molar-refractivity contribution in [3.05, 3.63) is 76.3 Å². The molecule has 2 N–H and O–H groups in total. The molecule has 6 nitrogen and oxygen atoms in total. The number of carbonyl (C=O) groups is 1. The minimum atomic E-state index is -0.159. The second-order valence-electron chi connectivity index (χ2n) is 7.30. The molecular formula is C22H24N4O2. The van der Waals surface area contributed by atoms with Crippen LogP contribution in [0.5, 0.6) is 0 Å². The fourth-order valence-corrected chi connectivity index (χ4v) is 3.72. The lowest BCUT2D eigenvalue weighted by atomic mass is 10.2. The number of nitrogens with one attached hydrogen (secondary N) is 2. The molecule has 1 aromatic heterocycles. The van der Waals surface area contributed by atoms with E-state index in [1.807, 2.05) is 24.3 Å². The predicted octanol–water partition coefficient (Wildman–Crippen LogP) is 2.25. The first-order valence-electron chi connectivity index (χ1n) is 9.71. The third-order valence-electron chi connectivity index (χ3n) is 5.14. The number of nitrogens with zero attached hydrogens (tertiary/aromatic N) is 2. The van der Waals surface area contributed by atoms with Crippen LogP contribution in [0.3, 0.4) is 0 Å². The maximum Gasteiger partial charge on any atom is 0.258 e. The van der Waals surface area contributed by atoms with Crippen LogP contribution in [-0.2, 0) is 17.8 Å². The van der Waals surface area contributed by atoms with Gasteiger partial charge in [-0.2, -0.15) is 0 Å². The Hall–Kier alpha value is -2.99. The SMILES string of the molecule is O=C(CCc1nc2ccccc2c(=O)[nH]1)N[C@@H]1CCN(Cc2ccccc2)C1. The maximum atomic E-state index is 12.3. The van der Waals surface area contributed by atoms with E-state index in [0.717, 1.165) is 26.1 Å². The summed E-state index contributed by atoms with van der Waals surface area (Å²) in [7, 11) is 0. The molecule has 1 saturated heterocycles. The smallest absolute Gasteiger partial charge is 0.258 e. The summed E-state index contributed by atoms with van der Waals surface area (Å²) in [5, 5.41) is 3.69. The van der Waals surface area contributed by atoms with E-state index in [0.29, 0.717) is 29.6 Å². The van der Waals surface area contributed by atoms with Gasteiger partial charge in [0.05, 0.1) is 10.9 Å². The van der Waals surface area contributed by atoms with Crippen LogP contribution in [0.15, 0.2) is 59.4 Å². The lowest BCUT2D eigenvalue weighted by Crippen LogP contribution is -2.37. The lowest BCUT2D eigenvalue weighted by Gasteiger charge is -2.16. The van der Waals surface area contributed by atoms with Gasteiger partial charge in [0.2, 0.25) is 5.91 Å². The van der Waals surface area contributed by atoms with Gasteiger partial charge in [-0.05, 0) is 24.1 Å². The first kappa shape index (κ1) is 18.4. The zero-order valence-electron chi connectivity index (χ0n) is 15.7. The summed E-state index contributed by atoms with van der Waals surface area (Å²) in [6.45, 7) is 2.76. The Balaban J connectivity index is 1.28. The van der Waals surface area contributed by atoms with Crippen LogP contribution in [0.1, 0.15) is 24.2 Å². The molecule has 0 saturated carbocycles. The third-order valence-corrected chi connectivity index (χ3v) is 5.14. The first-order valence-corrected chi connectivity index (χ1v) is 9.71. The number of aromatic nitrogens is 2. The van der Waals surface area contributed by atoms with E-state index in [9.17, 15) is 9.59 Å². The molecule has 2 aromatic carbocycles. The summed E-state index contributed by atoms with van der Waals surface area (Å²) in [6.07, 6.45) is 1.70. The molecule has 1 amide bonds. The second kappa shape index (κ2) is 8.35. The number of hydrogen-bond donors (Lipinski definition) is 2. The largest absolute Gasteiger partial charge is 0.352 e. The van der Waals surface area contributed by atoms with Gasteiger partial charge in [-0.3, -0.25) is 14.5 Å². The molecule has 1 aliphatic heterocycles. The highest BCUT2D eigenvalue weighted by atomic mass is 16.1. The summed E-state index contributed by atoms with van der Waals surface area (Å²) in [4.78, 5) is 34.0. The monoisotopic (exact) mass is 376 g/mol. The number of likely N-dealkylation sites (tertiary alicyclic amines) is 1. The van der Waals surface area contributed by atoms with Crippen LogP contribution < -0.4 is 10.9 Å². The molecule has 144 valence electrons. The second-order valence-corrected chi connectivity index (χ2v) is 7.30. The lowest BCUT2D eigenvalue weighted by molar-refractivity contribution is -0.121. The summed E-state index contributed by atoms with van der Waals surface area (Å²) in [5.41, 5.74) is 1.79. The highest BCUT2D eigenvalue weighted by Gasteiger charge is 2.23. The van der Waals surface area contributed by atoms with Gasteiger partial charge in [0.1, 0.15) is 5.82 Å². The normalized spacial score (nSPS) is 17.1. The van der Waals surface area contributed by atoms with E-state index in [2.05, 4.69) is 44.5 Å². The average molecular weight is 376 g/mol. The molecule has 1 aliphatic rings. The molecule has 1 fully saturated rings. The Bertz CT molecular complexity index is 1020. The summed E-state index contributed by atoms with van der Waals surface area (Å²) in [5.74, 6) is 0.554. The van der Waals surface area contributed by atoms with Gasteiger partial charge >= 0.3 is 0 Å². The van der Waals surface area contributed by atoms with Crippen molar-refractivity contribution in [3.63, 3.8) is 0 Å². The Morgan fingerprint density at radius 3 is 2.79 bits per heavy atom. The van der Waals surface area contributed by atoms with Gasteiger partial charge in [0.25, 0.3) is 5.56 Å². The van der Waals surface area contributed by atoms with Gasteiger partial charge in [-0.15, -0.1) is 0 Å². The van der Waals surface area contributed by atoms with E-state index in [-0.39, 0.29) is 17.5 Å².